The number of aliphatic imine (C=N–C) groups is 2. The highest BCUT2D eigenvalue weighted by molar-refractivity contribution is 6.37. The number of halogens is 4. The third kappa shape index (κ3) is 8.27. The molecule has 0 unspecified atom stereocenters. The van der Waals surface area contributed by atoms with E-state index in [0.717, 1.165) is 113 Å². The van der Waals surface area contributed by atoms with Crippen LogP contribution in [0.3, 0.4) is 0 Å². The third-order valence-corrected chi connectivity index (χ3v) is 15.7. The summed E-state index contributed by atoms with van der Waals surface area (Å²) in [7, 11) is 0. The van der Waals surface area contributed by atoms with Gasteiger partial charge in [-0.15, -0.1) is 0 Å². The van der Waals surface area contributed by atoms with E-state index in [4.69, 9.17) is 56.4 Å². The number of benzene rings is 10. The van der Waals surface area contributed by atoms with E-state index in [0.29, 0.717) is 42.3 Å². The van der Waals surface area contributed by atoms with Crippen LogP contribution in [0.15, 0.2) is 168 Å². The molecule has 1 saturated carbocycles. The minimum absolute atomic E-state index is 0.136. The number of phenols is 2. The molecule has 0 bridgehead atoms. The van der Waals surface area contributed by atoms with Crippen LogP contribution in [0.2, 0.25) is 20.1 Å². The second-order valence-electron chi connectivity index (χ2n) is 18.3. The first-order valence-corrected chi connectivity index (χ1v) is 25.1. The minimum atomic E-state index is -0.160. The van der Waals surface area contributed by atoms with E-state index in [9.17, 15) is 10.2 Å². The molecule has 10 aromatic rings. The van der Waals surface area contributed by atoms with Gasteiger partial charge >= 0.3 is 0 Å². The van der Waals surface area contributed by atoms with Gasteiger partial charge in [0.25, 0.3) is 0 Å². The van der Waals surface area contributed by atoms with Gasteiger partial charge in [-0.1, -0.05) is 181 Å². The predicted octanol–water partition coefficient (Wildman–Crippen LogP) is 18.5. The lowest BCUT2D eigenvalue weighted by molar-refractivity contribution is 0.390. The van der Waals surface area contributed by atoms with Crippen LogP contribution in [0, 0.1) is 13.8 Å². The van der Waals surface area contributed by atoms with Crippen LogP contribution in [0.1, 0.15) is 47.9 Å². The number of phenolic OH excluding ortho intramolecular Hbond substituents is 2. The summed E-state index contributed by atoms with van der Waals surface area (Å²) in [4.78, 5) is 10.5. The Morgan fingerprint density at radius 3 is 1.11 bits per heavy atom. The minimum Gasteiger partial charge on any atom is -0.507 e. The summed E-state index contributed by atoms with van der Waals surface area (Å²) < 4.78 is 0. The highest BCUT2D eigenvalue weighted by atomic mass is 35.5. The maximum absolute atomic E-state index is 12.6. The van der Waals surface area contributed by atoms with Crippen molar-refractivity contribution in [2.24, 2.45) is 9.98 Å². The fourth-order valence-corrected chi connectivity index (χ4v) is 11.3. The molecule has 0 saturated heterocycles. The standard InChI is InChI=1S/C62H46Cl4N2O2/c1-35-51(63)29-41(30-52(35)64)49-25-23-37-13-3-7-17-45(37)57(49)59-47-19-9-5-15-39(47)27-43(61(59)69)33-67-55-21-11-12-22-56(55)68-34-44-28-40-16-6-10-20-48(40)60(62(44)70)58-46-18-8-4-14-38(46)24-26-50(58)42-31-53(65)36(2)54(66)32-42/h3-10,13-20,23-34,55-56,69-70H,11-12,21-22H2,1-2H3/t55-,56-/m1/s1. The number of nitrogens with zero attached hydrogens (tertiary/aromatic N) is 2. The van der Waals surface area contributed by atoms with E-state index >= 15 is 0 Å². The molecule has 1 aliphatic carbocycles. The Bertz CT molecular complexity index is 3510. The Kier molecular flexibility index (Phi) is 12.4. The van der Waals surface area contributed by atoms with Crippen LogP contribution in [0.25, 0.3) is 87.6 Å². The normalized spacial score (nSPS) is 15.3. The maximum atomic E-state index is 12.6. The van der Waals surface area contributed by atoms with E-state index in [2.05, 4.69) is 72.8 Å². The Morgan fingerprint density at radius 1 is 0.414 bits per heavy atom. The van der Waals surface area contributed by atoms with Crippen molar-refractivity contribution in [3.05, 3.63) is 200 Å². The summed E-state index contributed by atoms with van der Waals surface area (Å²) in [6.45, 7) is 3.82. The number of hydrogen-bond donors (Lipinski definition) is 2. The molecular formula is C62H46Cl4N2O2. The highest BCUT2D eigenvalue weighted by Gasteiger charge is 2.26. The predicted molar refractivity (Wildman–Crippen MR) is 299 cm³/mol. The molecule has 4 nitrogen and oxygen atoms in total. The van der Waals surface area contributed by atoms with Crippen LogP contribution in [0.5, 0.6) is 11.5 Å². The first-order chi connectivity index (χ1) is 34.0. The van der Waals surface area contributed by atoms with Gasteiger partial charge in [-0.25, -0.2) is 0 Å². The van der Waals surface area contributed by atoms with Crippen molar-refractivity contribution in [2.75, 3.05) is 0 Å². The van der Waals surface area contributed by atoms with Gasteiger partial charge in [0.05, 0.1) is 12.1 Å². The second kappa shape index (κ2) is 18.9. The Morgan fingerprint density at radius 2 is 0.743 bits per heavy atom. The SMILES string of the molecule is Cc1c(Cl)cc(-c2ccc3ccccc3c2-c2c(O)c(C=N[C@@H]3CCCC[C@H]3N=Cc3cc4ccccc4c(-c4c(-c5cc(Cl)c(C)c(Cl)c5)ccc5ccccc45)c3O)cc3ccccc23)cc1Cl. The van der Waals surface area contributed by atoms with E-state index in [1.54, 1.807) is 0 Å². The number of fused-ring (bicyclic) bond motifs is 4. The van der Waals surface area contributed by atoms with Crippen molar-refractivity contribution in [2.45, 2.75) is 51.6 Å². The van der Waals surface area contributed by atoms with Gasteiger partial charge in [0.1, 0.15) is 11.5 Å². The molecule has 0 spiro atoms. The number of hydrogen-bond acceptors (Lipinski definition) is 4. The monoisotopic (exact) mass is 990 g/mol. The molecule has 10 aromatic carbocycles. The first kappa shape index (κ1) is 45.8. The Balaban J connectivity index is 1.01. The lowest BCUT2D eigenvalue weighted by atomic mass is 9.85. The summed E-state index contributed by atoms with van der Waals surface area (Å²) in [5.41, 5.74) is 9.56. The molecule has 8 heteroatoms. The maximum Gasteiger partial charge on any atom is 0.132 e. The zero-order chi connectivity index (χ0) is 48.2. The molecule has 0 radical (unpaired) electrons. The zero-order valence-electron chi connectivity index (χ0n) is 38.4. The van der Waals surface area contributed by atoms with Crippen molar-refractivity contribution < 1.29 is 10.2 Å². The molecule has 0 heterocycles. The molecule has 0 aliphatic heterocycles. The van der Waals surface area contributed by atoms with Crippen molar-refractivity contribution >= 4 is 102 Å². The average Bonchev–Trinajstić information content (AvgIpc) is 3.38. The summed E-state index contributed by atoms with van der Waals surface area (Å²) in [6.07, 6.45) is 7.33. The molecule has 2 N–H and O–H groups in total. The topological polar surface area (TPSA) is 65.2 Å². The molecule has 11 rings (SSSR count). The zero-order valence-corrected chi connectivity index (χ0v) is 41.5. The lowest BCUT2D eigenvalue weighted by Gasteiger charge is -2.26. The van der Waals surface area contributed by atoms with E-state index in [1.807, 2.05) is 111 Å². The van der Waals surface area contributed by atoms with Crippen LogP contribution >= 0.6 is 46.4 Å². The lowest BCUT2D eigenvalue weighted by Crippen LogP contribution is -2.27. The Labute approximate surface area is 427 Å². The molecular weight excluding hydrogens is 947 g/mol. The van der Waals surface area contributed by atoms with E-state index in [-0.39, 0.29) is 23.6 Å². The van der Waals surface area contributed by atoms with E-state index < -0.39 is 0 Å². The quantitative estimate of drug-likeness (QED) is 0.149. The van der Waals surface area contributed by atoms with Crippen LogP contribution in [-0.2, 0) is 0 Å². The molecule has 344 valence electrons. The van der Waals surface area contributed by atoms with Gasteiger partial charge in [0.2, 0.25) is 0 Å². The largest absolute Gasteiger partial charge is 0.507 e. The molecule has 0 aromatic heterocycles. The van der Waals surface area contributed by atoms with Crippen LogP contribution in [-0.4, -0.2) is 34.7 Å². The summed E-state index contributed by atoms with van der Waals surface area (Å²) in [6, 6.07) is 52.6. The summed E-state index contributed by atoms with van der Waals surface area (Å²) >= 11 is 27.0. The van der Waals surface area contributed by atoms with Crippen molar-refractivity contribution in [3.63, 3.8) is 0 Å². The van der Waals surface area contributed by atoms with Gasteiger partial charge in [0, 0.05) is 65.9 Å². The van der Waals surface area contributed by atoms with Gasteiger partial charge in [-0.2, -0.15) is 0 Å². The third-order valence-electron chi connectivity index (χ3n) is 14.1. The number of aromatic hydroxyl groups is 2. The van der Waals surface area contributed by atoms with Crippen LogP contribution in [0.4, 0.5) is 0 Å². The van der Waals surface area contributed by atoms with Crippen molar-refractivity contribution in [3.8, 4) is 56.0 Å². The Hall–Kier alpha value is -6.66. The molecule has 1 fully saturated rings. The fraction of sp³-hybridized carbons (Fsp3) is 0.129. The highest BCUT2D eigenvalue weighted by Crippen LogP contribution is 2.49. The van der Waals surface area contributed by atoms with Crippen molar-refractivity contribution in [1.82, 2.24) is 0 Å². The van der Waals surface area contributed by atoms with Gasteiger partial charge in [-0.3, -0.25) is 9.98 Å². The van der Waals surface area contributed by atoms with Gasteiger partial charge in [0.15, 0.2) is 0 Å². The van der Waals surface area contributed by atoms with E-state index in [1.165, 1.54) is 0 Å². The summed E-state index contributed by atoms with van der Waals surface area (Å²) in [5.74, 6) is 0.272. The first-order valence-electron chi connectivity index (χ1n) is 23.6. The molecule has 1 aliphatic rings. The molecule has 70 heavy (non-hydrogen) atoms. The summed E-state index contributed by atoms with van der Waals surface area (Å²) in [5, 5.41) is 35.3. The number of rotatable bonds is 8. The van der Waals surface area contributed by atoms with Crippen molar-refractivity contribution in [1.29, 1.82) is 0 Å². The average molecular weight is 993 g/mol. The molecule has 2 atom stereocenters. The smallest absolute Gasteiger partial charge is 0.132 e. The van der Waals surface area contributed by atoms with Crippen LogP contribution < -0.4 is 0 Å². The van der Waals surface area contributed by atoms with Gasteiger partial charge in [-0.05, 0) is 140 Å². The second-order valence-corrected chi connectivity index (χ2v) is 20.0. The van der Waals surface area contributed by atoms with Gasteiger partial charge < -0.3 is 10.2 Å². The fourth-order valence-electron chi connectivity index (χ4n) is 10.4. The molecule has 0 amide bonds.